The summed E-state index contributed by atoms with van der Waals surface area (Å²) in [4.78, 5) is 4.26. The summed E-state index contributed by atoms with van der Waals surface area (Å²) in [5, 5.41) is 8.99. The van der Waals surface area contributed by atoms with Crippen LogP contribution in [0.15, 0.2) is 17.0 Å². The van der Waals surface area contributed by atoms with E-state index in [9.17, 15) is 0 Å². The third kappa shape index (κ3) is 5.17. The van der Waals surface area contributed by atoms with Crippen LogP contribution in [-0.4, -0.2) is 19.0 Å². The van der Waals surface area contributed by atoms with Crippen molar-refractivity contribution in [1.82, 2.24) is 0 Å². The summed E-state index contributed by atoms with van der Waals surface area (Å²) in [7, 11) is 0. The molecule has 0 atom stereocenters. The van der Waals surface area contributed by atoms with Crippen molar-refractivity contribution < 1.29 is 21.9 Å². The van der Waals surface area contributed by atoms with Crippen molar-refractivity contribution in [3.63, 3.8) is 0 Å². The Morgan fingerprint density at radius 3 is 2.26 bits per heavy atom. The van der Waals surface area contributed by atoms with Gasteiger partial charge in [0.1, 0.15) is 5.75 Å². The standard InChI is InChI=1S/C13H19N2O2S.ClH/c1-4-7-18-13-9-11(16-5-2)10(15-14)8-12(13)17-6-3;/h8-9H,4-7H2,1-3H3;1H/q+1;/p-1. The van der Waals surface area contributed by atoms with Crippen LogP contribution >= 0.6 is 11.8 Å². The van der Waals surface area contributed by atoms with E-state index in [-0.39, 0.29) is 12.4 Å². The predicted molar refractivity (Wildman–Crippen MR) is 74.5 cm³/mol. The van der Waals surface area contributed by atoms with Crippen LogP contribution in [0.1, 0.15) is 27.2 Å². The molecule has 0 unspecified atom stereocenters. The maximum absolute atomic E-state index is 8.99. The lowest BCUT2D eigenvalue weighted by Gasteiger charge is -2.10. The zero-order chi connectivity index (χ0) is 13.4. The van der Waals surface area contributed by atoms with Gasteiger partial charge >= 0.3 is 5.69 Å². The molecule has 0 fully saturated rings. The Morgan fingerprint density at radius 1 is 1.11 bits per heavy atom. The summed E-state index contributed by atoms with van der Waals surface area (Å²) in [6.07, 6.45) is 1.09. The monoisotopic (exact) mass is 302 g/mol. The average Bonchev–Trinajstić information content (AvgIpc) is 2.38. The van der Waals surface area contributed by atoms with Gasteiger partial charge in [0.25, 0.3) is 0 Å². The molecule has 1 aromatic carbocycles. The van der Waals surface area contributed by atoms with Crippen LogP contribution in [0.3, 0.4) is 0 Å². The van der Waals surface area contributed by atoms with Crippen LogP contribution in [0.25, 0.3) is 4.98 Å². The van der Waals surface area contributed by atoms with Gasteiger partial charge in [0, 0.05) is 6.07 Å². The Hall–Kier alpha value is -1.12. The number of benzene rings is 1. The van der Waals surface area contributed by atoms with Crippen LogP contribution in [0, 0.1) is 5.39 Å². The van der Waals surface area contributed by atoms with E-state index in [1.807, 2.05) is 19.9 Å². The van der Waals surface area contributed by atoms with Crippen molar-refractivity contribution in [2.75, 3.05) is 19.0 Å². The van der Waals surface area contributed by atoms with Crippen molar-refractivity contribution in [1.29, 1.82) is 5.39 Å². The molecule has 1 rings (SSSR count). The molecule has 6 heteroatoms. The van der Waals surface area contributed by atoms with Crippen LogP contribution in [0.4, 0.5) is 5.69 Å². The molecule has 1 aromatic rings. The summed E-state index contributed by atoms with van der Waals surface area (Å²) in [6, 6.07) is 3.59. The minimum Gasteiger partial charge on any atom is -1.00 e. The molecule has 0 amide bonds. The zero-order valence-corrected chi connectivity index (χ0v) is 13.1. The quantitative estimate of drug-likeness (QED) is 0.565. The summed E-state index contributed by atoms with van der Waals surface area (Å²) in [5.74, 6) is 2.34. The second kappa shape index (κ2) is 9.76. The van der Waals surface area contributed by atoms with Crippen LogP contribution in [-0.2, 0) is 0 Å². The fraction of sp³-hybridized carbons (Fsp3) is 0.538. The number of hydrogen-bond acceptors (Lipinski definition) is 4. The minimum absolute atomic E-state index is 0. The molecule has 0 spiro atoms. The van der Waals surface area contributed by atoms with Crippen molar-refractivity contribution in [3.05, 3.63) is 17.1 Å². The number of thioether (sulfide) groups is 1. The molecule has 106 valence electrons. The van der Waals surface area contributed by atoms with Crippen LogP contribution < -0.4 is 21.9 Å². The topological polar surface area (TPSA) is 46.6 Å². The highest BCUT2D eigenvalue weighted by Gasteiger charge is 2.20. The van der Waals surface area contributed by atoms with Gasteiger partial charge in [-0.1, -0.05) is 6.92 Å². The van der Waals surface area contributed by atoms with Gasteiger partial charge in [-0.15, -0.1) is 11.8 Å². The highest BCUT2D eigenvalue weighted by Crippen LogP contribution is 2.40. The van der Waals surface area contributed by atoms with Gasteiger partial charge in [-0.3, -0.25) is 0 Å². The first kappa shape index (κ1) is 17.9. The second-order valence-electron chi connectivity index (χ2n) is 3.58. The summed E-state index contributed by atoms with van der Waals surface area (Å²) >= 11 is 1.72. The van der Waals surface area contributed by atoms with Gasteiger partial charge in [-0.05, 0) is 26.0 Å². The molecule has 0 aliphatic carbocycles. The fourth-order valence-electron chi connectivity index (χ4n) is 1.47. The molecule has 0 bridgehead atoms. The molecule has 0 aromatic heterocycles. The van der Waals surface area contributed by atoms with E-state index in [0.717, 1.165) is 22.8 Å². The molecule has 0 radical (unpaired) electrons. The Bertz CT molecular complexity index is 435. The Balaban J connectivity index is 0.00000324. The maximum Gasteiger partial charge on any atom is 0.430 e. The first-order chi connectivity index (χ1) is 8.76. The van der Waals surface area contributed by atoms with Gasteiger partial charge in [-0.25, -0.2) is 0 Å². The van der Waals surface area contributed by atoms with E-state index in [0.29, 0.717) is 24.7 Å². The second-order valence-corrected chi connectivity index (χ2v) is 4.72. The minimum atomic E-state index is 0. The van der Waals surface area contributed by atoms with Crippen LogP contribution in [0.2, 0.25) is 0 Å². The van der Waals surface area contributed by atoms with Crippen molar-refractivity contribution in [3.8, 4) is 11.5 Å². The molecular weight excluding hydrogens is 284 g/mol. The van der Waals surface area contributed by atoms with Crippen molar-refractivity contribution in [2.45, 2.75) is 32.1 Å². The summed E-state index contributed by atoms with van der Waals surface area (Å²) in [5.41, 5.74) is 0.404. The lowest BCUT2D eigenvalue weighted by atomic mass is 10.3. The molecule has 0 N–H and O–H groups in total. The molecule has 0 saturated carbocycles. The first-order valence-electron chi connectivity index (χ1n) is 6.18. The molecular formula is C13H19ClN2O2S. The van der Waals surface area contributed by atoms with Gasteiger partial charge in [0.2, 0.25) is 11.1 Å². The van der Waals surface area contributed by atoms with Crippen molar-refractivity contribution >= 4 is 17.4 Å². The Morgan fingerprint density at radius 2 is 1.74 bits per heavy atom. The fourth-order valence-corrected chi connectivity index (χ4v) is 2.35. The summed E-state index contributed by atoms with van der Waals surface area (Å²) in [6.45, 7) is 7.08. The molecule has 0 saturated heterocycles. The number of diazo groups is 1. The Kier molecular flexibility index (Phi) is 9.19. The molecule has 4 nitrogen and oxygen atoms in total. The highest BCUT2D eigenvalue weighted by molar-refractivity contribution is 7.99. The van der Waals surface area contributed by atoms with E-state index in [1.165, 1.54) is 0 Å². The zero-order valence-electron chi connectivity index (χ0n) is 11.5. The number of hydrogen-bond donors (Lipinski definition) is 0. The molecule has 0 aliphatic heterocycles. The number of halogens is 1. The third-order valence-electron chi connectivity index (χ3n) is 2.19. The number of nitrogens with zero attached hydrogens (tertiary/aromatic N) is 2. The summed E-state index contributed by atoms with van der Waals surface area (Å²) < 4.78 is 11.0. The van der Waals surface area contributed by atoms with Gasteiger partial charge < -0.3 is 21.9 Å². The van der Waals surface area contributed by atoms with E-state index >= 15 is 0 Å². The molecule has 19 heavy (non-hydrogen) atoms. The van der Waals surface area contributed by atoms with Gasteiger partial charge in [0.05, 0.1) is 24.2 Å². The highest BCUT2D eigenvalue weighted by atomic mass is 35.5. The predicted octanol–water partition coefficient (Wildman–Crippen LogP) is 1.47. The van der Waals surface area contributed by atoms with Crippen LogP contribution in [0.5, 0.6) is 11.5 Å². The lowest BCUT2D eigenvalue weighted by Crippen LogP contribution is -3.00. The van der Waals surface area contributed by atoms with Crippen molar-refractivity contribution in [2.24, 2.45) is 0 Å². The lowest BCUT2D eigenvalue weighted by molar-refractivity contribution is -0.00000512. The number of ether oxygens (including phenoxy) is 2. The molecule has 0 aliphatic rings. The average molecular weight is 303 g/mol. The maximum atomic E-state index is 8.99. The largest absolute Gasteiger partial charge is 1.00 e. The first-order valence-corrected chi connectivity index (χ1v) is 7.16. The number of rotatable bonds is 7. The van der Waals surface area contributed by atoms with Gasteiger partial charge in [-0.2, -0.15) is 0 Å². The van der Waals surface area contributed by atoms with Gasteiger partial charge in [0.15, 0.2) is 4.98 Å². The molecule has 0 heterocycles. The van der Waals surface area contributed by atoms with E-state index in [1.54, 1.807) is 17.8 Å². The van der Waals surface area contributed by atoms with E-state index in [2.05, 4.69) is 11.9 Å². The normalized spacial score (nSPS) is 9.37. The SMILES string of the molecule is CCCSc1cc(OCC)c([N+]#N)cc1OCC.[Cl-]. The smallest absolute Gasteiger partial charge is 0.430 e. The van der Waals surface area contributed by atoms with E-state index < -0.39 is 0 Å². The third-order valence-corrected chi connectivity index (χ3v) is 3.44. The Labute approximate surface area is 124 Å². The van der Waals surface area contributed by atoms with E-state index in [4.69, 9.17) is 14.9 Å².